The maximum absolute atomic E-state index is 11.4. The summed E-state index contributed by atoms with van der Waals surface area (Å²) < 4.78 is 5.01. The van der Waals surface area contributed by atoms with Crippen LogP contribution in [0, 0.1) is 0 Å². The Morgan fingerprint density at radius 1 is 1.44 bits per heavy atom. The van der Waals surface area contributed by atoms with Crippen LogP contribution in [0.5, 0.6) is 0 Å². The number of amides is 1. The second kappa shape index (κ2) is 4.72. The third kappa shape index (κ3) is 2.13. The van der Waals surface area contributed by atoms with Crippen LogP contribution in [0.3, 0.4) is 0 Å². The van der Waals surface area contributed by atoms with Crippen molar-refractivity contribution in [2.75, 3.05) is 19.7 Å². The molecule has 1 saturated heterocycles. The van der Waals surface area contributed by atoms with Crippen molar-refractivity contribution in [2.45, 2.75) is 6.04 Å². The number of ether oxygens (including phenoxy) is 1. The largest absolute Gasteiger partial charge is 0.447 e. The molecular formula is C11H13ClN2O2. The molecule has 16 heavy (non-hydrogen) atoms. The van der Waals surface area contributed by atoms with Gasteiger partial charge in [0.1, 0.15) is 6.61 Å². The van der Waals surface area contributed by atoms with Gasteiger partial charge >= 0.3 is 6.09 Å². The number of benzene rings is 1. The Balaban J connectivity index is 2.19. The van der Waals surface area contributed by atoms with Crippen molar-refractivity contribution in [3.8, 4) is 0 Å². The van der Waals surface area contributed by atoms with Crippen molar-refractivity contribution in [1.29, 1.82) is 0 Å². The molecule has 0 bridgehead atoms. The lowest BCUT2D eigenvalue weighted by Crippen LogP contribution is -2.32. The van der Waals surface area contributed by atoms with E-state index in [0.717, 1.165) is 5.56 Å². The minimum atomic E-state index is -0.301. The zero-order chi connectivity index (χ0) is 11.5. The SMILES string of the molecule is NCCN1C(=O)OCC1c1ccc(Cl)cc1. The third-order valence-electron chi connectivity index (χ3n) is 2.60. The zero-order valence-corrected chi connectivity index (χ0v) is 9.48. The fourth-order valence-electron chi connectivity index (χ4n) is 1.80. The minimum Gasteiger partial charge on any atom is -0.447 e. The predicted octanol–water partition coefficient (Wildman–Crippen LogP) is 1.79. The number of nitrogens with zero attached hydrogens (tertiary/aromatic N) is 1. The number of rotatable bonds is 3. The Kier molecular flexibility index (Phi) is 3.31. The summed E-state index contributed by atoms with van der Waals surface area (Å²) in [5, 5.41) is 0.680. The summed E-state index contributed by atoms with van der Waals surface area (Å²) in [6.07, 6.45) is -0.301. The summed E-state index contributed by atoms with van der Waals surface area (Å²) in [7, 11) is 0. The van der Waals surface area contributed by atoms with E-state index < -0.39 is 0 Å². The molecule has 1 heterocycles. The van der Waals surface area contributed by atoms with Crippen LogP contribution in [0.2, 0.25) is 5.02 Å². The summed E-state index contributed by atoms with van der Waals surface area (Å²) in [5.74, 6) is 0. The van der Waals surface area contributed by atoms with Crippen molar-refractivity contribution in [2.24, 2.45) is 5.73 Å². The first-order chi connectivity index (χ1) is 7.72. The summed E-state index contributed by atoms with van der Waals surface area (Å²) in [4.78, 5) is 13.1. The first kappa shape index (κ1) is 11.2. The van der Waals surface area contributed by atoms with Crippen LogP contribution < -0.4 is 5.73 Å². The topological polar surface area (TPSA) is 55.6 Å². The first-order valence-corrected chi connectivity index (χ1v) is 5.49. The van der Waals surface area contributed by atoms with Gasteiger partial charge in [0.15, 0.2) is 0 Å². The highest BCUT2D eigenvalue weighted by Crippen LogP contribution is 2.27. The molecule has 1 fully saturated rings. The smallest absolute Gasteiger partial charge is 0.410 e. The molecule has 1 aromatic carbocycles. The molecule has 0 spiro atoms. The predicted molar refractivity (Wildman–Crippen MR) is 61.3 cm³/mol. The zero-order valence-electron chi connectivity index (χ0n) is 8.73. The van der Waals surface area contributed by atoms with E-state index in [-0.39, 0.29) is 12.1 Å². The lowest BCUT2D eigenvalue weighted by molar-refractivity contribution is 0.158. The van der Waals surface area contributed by atoms with Crippen molar-refractivity contribution >= 4 is 17.7 Å². The number of hydrogen-bond acceptors (Lipinski definition) is 3. The molecule has 0 aromatic heterocycles. The average Bonchev–Trinajstić information content (AvgIpc) is 2.63. The maximum Gasteiger partial charge on any atom is 0.410 e. The third-order valence-corrected chi connectivity index (χ3v) is 2.85. The highest BCUT2D eigenvalue weighted by molar-refractivity contribution is 6.30. The van der Waals surface area contributed by atoms with E-state index in [9.17, 15) is 4.79 Å². The van der Waals surface area contributed by atoms with E-state index >= 15 is 0 Å². The molecular weight excluding hydrogens is 228 g/mol. The van der Waals surface area contributed by atoms with E-state index in [4.69, 9.17) is 22.1 Å². The van der Waals surface area contributed by atoms with Gasteiger partial charge in [0.2, 0.25) is 0 Å². The van der Waals surface area contributed by atoms with Crippen molar-refractivity contribution < 1.29 is 9.53 Å². The fraction of sp³-hybridized carbons (Fsp3) is 0.364. The van der Waals surface area contributed by atoms with Gasteiger partial charge in [-0.25, -0.2) is 4.79 Å². The number of cyclic esters (lactones) is 1. The van der Waals surface area contributed by atoms with E-state index in [2.05, 4.69) is 0 Å². The van der Waals surface area contributed by atoms with Crippen LogP contribution in [0.1, 0.15) is 11.6 Å². The maximum atomic E-state index is 11.4. The molecule has 0 aliphatic carbocycles. The molecule has 5 heteroatoms. The second-order valence-electron chi connectivity index (χ2n) is 3.63. The highest BCUT2D eigenvalue weighted by Gasteiger charge is 2.33. The number of halogens is 1. The molecule has 1 aliphatic rings. The molecule has 86 valence electrons. The molecule has 1 amide bonds. The number of hydrogen-bond donors (Lipinski definition) is 1. The van der Waals surface area contributed by atoms with Crippen molar-refractivity contribution in [1.82, 2.24) is 4.90 Å². The fourth-order valence-corrected chi connectivity index (χ4v) is 1.92. The van der Waals surface area contributed by atoms with Gasteiger partial charge in [-0.3, -0.25) is 4.90 Å². The Morgan fingerprint density at radius 3 is 2.75 bits per heavy atom. The van der Waals surface area contributed by atoms with Gasteiger partial charge in [-0.2, -0.15) is 0 Å². The molecule has 2 rings (SSSR count). The standard InChI is InChI=1S/C11H13ClN2O2/c12-9-3-1-8(2-4-9)10-7-16-11(15)14(10)6-5-13/h1-4,10H,5-7,13H2. The Labute approximate surface area is 98.9 Å². The first-order valence-electron chi connectivity index (χ1n) is 5.11. The van der Waals surface area contributed by atoms with Crippen LogP contribution >= 0.6 is 11.6 Å². The van der Waals surface area contributed by atoms with Crippen molar-refractivity contribution in [3.63, 3.8) is 0 Å². The summed E-state index contributed by atoms with van der Waals surface area (Å²) >= 11 is 5.81. The summed E-state index contributed by atoms with van der Waals surface area (Å²) in [5.41, 5.74) is 6.48. The molecule has 2 N–H and O–H groups in total. The molecule has 1 unspecified atom stereocenters. The minimum absolute atomic E-state index is 0.0479. The quantitative estimate of drug-likeness (QED) is 0.877. The molecule has 4 nitrogen and oxygen atoms in total. The van der Waals surface area contributed by atoms with Gasteiger partial charge in [0, 0.05) is 18.1 Å². The molecule has 1 aromatic rings. The van der Waals surface area contributed by atoms with Crippen LogP contribution in [-0.2, 0) is 4.74 Å². The number of carbonyl (C=O) groups excluding carboxylic acids is 1. The van der Waals surface area contributed by atoms with Crippen LogP contribution in [0.4, 0.5) is 4.79 Å². The van der Waals surface area contributed by atoms with Gasteiger partial charge in [-0.15, -0.1) is 0 Å². The van der Waals surface area contributed by atoms with Gasteiger partial charge in [-0.1, -0.05) is 23.7 Å². The number of nitrogens with two attached hydrogens (primary N) is 1. The van der Waals surface area contributed by atoms with Gasteiger partial charge < -0.3 is 10.5 Å². The monoisotopic (exact) mass is 240 g/mol. The lowest BCUT2D eigenvalue weighted by Gasteiger charge is -2.20. The average molecular weight is 241 g/mol. The van der Waals surface area contributed by atoms with Gasteiger partial charge in [0.25, 0.3) is 0 Å². The van der Waals surface area contributed by atoms with Crippen LogP contribution in [0.25, 0.3) is 0 Å². The summed E-state index contributed by atoms with van der Waals surface area (Å²) in [6, 6.07) is 7.37. The second-order valence-corrected chi connectivity index (χ2v) is 4.06. The van der Waals surface area contributed by atoms with E-state index in [1.165, 1.54) is 0 Å². The molecule has 1 aliphatic heterocycles. The molecule has 0 saturated carbocycles. The van der Waals surface area contributed by atoms with E-state index in [0.29, 0.717) is 24.7 Å². The van der Waals surface area contributed by atoms with Crippen LogP contribution in [0.15, 0.2) is 24.3 Å². The van der Waals surface area contributed by atoms with E-state index in [1.54, 1.807) is 17.0 Å². The molecule has 0 radical (unpaired) electrons. The Hall–Kier alpha value is -1.26. The highest BCUT2D eigenvalue weighted by atomic mass is 35.5. The Bertz CT molecular complexity index is 380. The lowest BCUT2D eigenvalue weighted by atomic mass is 10.1. The normalized spacial score (nSPS) is 20.0. The van der Waals surface area contributed by atoms with Gasteiger partial charge in [-0.05, 0) is 17.7 Å². The molecule has 1 atom stereocenters. The van der Waals surface area contributed by atoms with Crippen LogP contribution in [-0.4, -0.2) is 30.7 Å². The van der Waals surface area contributed by atoms with E-state index in [1.807, 2.05) is 12.1 Å². The summed E-state index contributed by atoms with van der Waals surface area (Å²) in [6.45, 7) is 1.31. The Morgan fingerprint density at radius 2 is 2.12 bits per heavy atom. The van der Waals surface area contributed by atoms with Gasteiger partial charge in [0.05, 0.1) is 6.04 Å². The number of carbonyl (C=O) groups is 1. The van der Waals surface area contributed by atoms with Crippen molar-refractivity contribution in [3.05, 3.63) is 34.9 Å².